The molecule has 0 aliphatic rings. The Labute approximate surface area is 90.8 Å². The summed E-state index contributed by atoms with van der Waals surface area (Å²) < 4.78 is 1.15. The van der Waals surface area contributed by atoms with Crippen molar-refractivity contribution in [3.63, 3.8) is 0 Å². The van der Waals surface area contributed by atoms with Crippen molar-refractivity contribution in [2.45, 2.75) is 6.54 Å². The molecular weight excluding hydrogens is 279 g/mol. The molecule has 0 fully saturated rings. The summed E-state index contributed by atoms with van der Waals surface area (Å²) in [6.07, 6.45) is 0. The number of carbonyl (C=O) groups excluding carboxylic acids is 1. The zero-order valence-corrected chi connectivity index (χ0v) is 9.24. The van der Waals surface area contributed by atoms with E-state index in [9.17, 15) is 4.79 Å². The van der Waals surface area contributed by atoms with E-state index in [4.69, 9.17) is 5.73 Å². The summed E-state index contributed by atoms with van der Waals surface area (Å²) in [5, 5.41) is 2.72. The highest BCUT2D eigenvalue weighted by molar-refractivity contribution is 14.1. The fraction of sp³-hybridized carbons (Fsp3) is 0.222. The Balaban J connectivity index is 2.54. The summed E-state index contributed by atoms with van der Waals surface area (Å²) in [6.45, 7) is 0.596. The molecule has 4 heteroatoms. The second kappa shape index (κ2) is 5.18. The van der Waals surface area contributed by atoms with Crippen LogP contribution in [0.5, 0.6) is 0 Å². The molecule has 13 heavy (non-hydrogen) atoms. The molecule has 1 aromatic rings. The molecule has 0 spiro atoms. The van der Waals surface area contributed by atoms with Crippen molar-refractivity contribution in [1.82, 2.24) is 5.32 Å². The fourth-order valence-corrected chi connectivity index (χ4v) is 1.49. The third kappa shape index (κ3) is 3.31. The van der Waals surface area contributed by atoms with Crippen LogP contribution < -0.4 is 11.1 Å². The van der Waals surface area contributed by atoms with Gasteiger partial charge in [-0.25, -0.2) is 0 Å². The number of hydrogen-bond acceptors (Lipinski definition) is 2. The molecule has 0 saturated carbocycles. The Bertz CT molecular complexity index is 301. The fourth-order valence-electron chi connectivity index (χ4n) is 0.908. The van der Waals surface area contributed by atoms with Gasteiger partial charge in [0.2, 0.25) is 5.91 Å². The van der Waals surface area contributed by atoms with Gasteiger partial charge < -0.3 is 11.1 Å². The van der Waals surface area contributed by atoms with Gasteiger partial charge in [0.1, 0.15) is 0 Å². The molecule has 0 aliphatic carbocycles. The molecule has 3 N–H and O–H groups in total. The molecule has 3 nitrogen and oxygen atoms in total. The van der Waals surface area contributed by atoms with Gasteiger partial charge in [-0.15, -0.1) is 0 Å². The van der Waals surface area contributed by atoms with E-state index in [-0.39, 0.29) is 12.5 Å². The Morgan fingerprint density at radius 1 is 1.46 bits per heavy atom. The lowest BCUT2D eigenvalue weighted by Crippen LogP contribution is -2.29. The number of carbonyl (C=O) groups is 1. The number of nitrogens with one attached hydrogen (secondary N) is 1. The zero-order valence-electron chi connectivity index (χ0n) is 7.09. The summed E-state index contributed by atoms with van der Waals surface area (Å²) in [4.78, 5) is 10.9. The van der Waals surface area contributed by atoms with Crippen LogP contribution in [0.4, 0.5) is 0 Å². The maximum atomic E-state index is 10.9. The minimum absolute atomic E-state index is 0.0451. The number of benzene rings is 1. The molecule has 1 aromatic carbocycles. The number of amides is 1. The molecule has 0 radical (unpaired) electrons. The van der Waals surface area contributed by atoms with Crippen molar-refractivity contribution >= 4 is 28.5 Å². The summed E-state index contributed by atoms with van der Waals surface area (Å²) in [6, 6.07) is 7.91. The molecule has 0 aliphatic heterocycles. The highest BCUT2D eigenvalue weighted by atomic mass is 127. The van der Waals surface area contributed by atoms with Crippen molar-refractivity contribution in [1.29, 1.82) is 0 Å². The highest BCUT2D eigenvalue weighted by Crippen LogP contribution is 2.10. The Kier molecular flexibility index (Phi) is 4.17. The SMILES string of the molecule is NCC(=O)NCc1ccccc1I. The second-order valence-electron chi connectivity index (χ2n) is 2.57. The van der Waals surface area contributed by atoms with Gasteiger partial charge in [0.25, 0.3) is 0 Å². The van der Waals surface area contributed by atoms with Gasteiger partial charge in [-0.05, 0) is 34.2 Å². The number of hydrogen-bond donors (Lipinski definition) is 2. The van der Waals surface area contributed by atoms with E-state index in [0.717, 1.165) is 9.13 Å². The van der Waals surface area contributed by atoms with Crippen LogP contribution in [-0.2, 0) is 11.3 Å². The standard InChI is InChI=1S/C9H11IN2O/c10-8-4-2-1-3-7(8)6-12-9(13)5-11/h1-4H,5-6,11H2,(H,12,13). The molecule has 1 rings (SSSR count). The number of halogens is 1. The van der Waals surface area contributed by atoms with E-state index in [0.29, 0.717) is 6.54 Å². The molecule has 0 saturated heterocycles. The van der Waals surface area contributed by atoms with Gasteiger partial charge in [-0.3, -0.25) is 4.79 Å². The smallest absolute Gasteiger partial charge is 0.234 e. The summed E-state index contributed by atoms with van der Waals surface area (Å²) in [5.74, 6) is -0.125. The van der Waals surface area contributed by atoms with E-state index >= 15 is 0 Å². The summed E-state index contributed by atoms with van der Waals surface area (Å²) in [5.41, 5.74) is 6.28. The third-order valence-electron chi connectivity index (χ3n) is 1.62. The normalized spacial score (nSPS) is 9.69. The molecule has 0 heterocycles. The lowest BCUT2D eigenvalue weighted by molar-refractivity contribution is -0.119. The predicted octanol–water partition coefficient (Wildman–Crippen LogP) is 0.866. The highest BCUT2D eigenvalue weighted by Gasteiger charge is 2.00. The van der Waals surface area contributed by atoms with Crippen LogP contribution >= 0.6 is 22.6 Å². The first-order valence-electron chi connectivity index (χ1n) is 3.94. The van der Waals surface area contributed by atoms with Crippen LogP contribution in [0, 0.1) is 3.57 Å². The quantitative estimate of drug-likeness (QED) is 0.811. The van der Waals surface area contributed by atoms with Crippen LogP contribution in [0.15, 0.2) is 24.3 Å². The Morgan fingerprint density at radius 3 is 2.77 bits per heavy atom. The van der Waals surface area contributed by atoms with Crippen molar-refractivity contribution in [2.75, 3.05) is 6.54 Å². The van der Waals surface area contributed by atoms with E-state index in [1.54, 1.807) is 0 Å². The van der Waals surface area contributed by atoms with E-state index in [1.165, 1.54) is 0 Å². The molecule has 1 amide bonds. The van der Waals surface area contributed by atoms with Crippen LogP contribution in [-0.4, -0.2) is 12.5 Å². The third-order valence-corrected chi connectivity index (χ3v) is 2.67. The van der Waals surface area contributed by atoms with Crippen LogP contribution in [0.1, 0.15) is 5.56 Å². The Hall–Kier alpha value is -0.620. The van der Waals surface area contributed by atoms with Crippen LogP contribution in [0.25, 0.3) is 0 Å². The van der Waals surface area contributed by atoms with E-state index in [2.05, 4.69) is 27.9 Å². The largest absolute Gasteiger partial charge is 0.351 e. The van der Waals surface area contributed by atoms with Crippen molar-refractivity contribution in [3.05, 3.63) is 33.4 Å². The van der Waals surface area contributed by atoms with Gasteiger partial charge in [-0.2, -0.15) is 0 Å². The van der Waals surface area contributed by atoms with Crippen LogP contribution in [0.3, 0.4) is 0 Å². The average molecular weight is 290 g/mol. The van der Waals surface area contributed by atoms with E-state index in [1.807, 2.05) is 24.3 Å². The molecular formula is C9H11IN2O. The summed E-state index contributed by atoms with van der Waals surface area (Å²) >= 11 is 2.24. The topological polar surface area (TPSA) is 55.1 Å². The molecule has 0 bridgehead atoms. The van der Waals surface area contributed by atoms with Crippen molar-refractivity contribution in [2.24, 2.45) is 5.73 Å². The van der Waals surface area contributed by atoms with Crippen molar-refractivity contribution < 1.29 is 4.79 Å². The van der Waals surface area contributed by atoms with Crippen LogP contribution in [0.2, 0.25) is 0 Å². The minimum atomic E-state index is -0.125. The average Bonchev–Trinajstić information content (AvgIpc) is 2.16. The minimum Gasteiger partial charge on any atom is -0.351 e. The summed E-state index contributed by atoms with van der Waals surface area (Å²) in [7, 11) is 0. The van der Waals surface area contributed by atoms with Gasteiger partial charge >= 0.3 is 0 Å². The maximum absolute atomic E-state index is 10.9. The van der Waals surface area contributed by atoms with Gasteiger partial charge in [0, 0.05) is 10.1 Å². The molecule has 0 aromatic heterocycles. The second-order valence-corrected chi connectivity index (χ2v) is 3.73. The van der Waals surface area contributed by atoms with Gasteiger partial charge in [-0.1, -0.05) is 18.2 Å². The molecule has 0 atom stereocenters. The Morgan fingerprint density at radius 2 is 2.15 bits per heavy atom. The lowest BCUT2D eigenvalue weighted by Gasteiger charge is -2.05. The lowest BCUT2D eigenvalue weighted by atomic mass is 10.2. The monoisotopic (exact) mass is 290 g/mol. The van der Waals surface area contributed by atoms with Crippen molar-refractivity contribution in [3.8, 4) is 0 Å². The van der Waals surface area contributed by atoms with Gasteiger partial charge in [0.15, 0.2) is 0 Å². The maximum Gasteiger partial charge on any atom is 0.234 e. The first-order chi connectivity index (χ1) is 6.24. The zero-order chi connectivity index (χ0) is 9.68. The number of rotatable bonds is 3. The van der Waals surface area contributed by atoms with Gasteiger partial charge in [0.05, 0.1) is 6.54 Å². The first-order valence-corrected chi connectivity index (χ1v) is 5.02. The molecule has 70 valence electrons. The number of nitrogens with two attached hydrogens (primary N) is 1. The van der Waals surface area contributed by atoms with E-state index < -0.39 is 0 Å². The first kappa shape index (κ1) is 10.5. The molecule has 0 unspecified atom stereocenters. The predicted molar refractivity (Wildman–Crippen MR) is 60.1 cm³/mol.